The Morgan fingerprint density at radius 1 is 1.31 bits per heavy atom. The van der Waals surface area contributed by atoms with Gasteiger partial charge in [0, 0.05) is 6.61 Å². The smallest absolute Gasteiger partial charge is 0.156 e. The highest BCUT2D eigenvalue weighted by atomic mass is 16.7. The fourth-order valence-electron chi connectivity index (χ4n) is 1.07. The van der Waals surface area contributed by atoms with E-state index in [9.17, 15) is 0 Å². The molecule has 0 N–H and O–H groups in total. The molecule has 3 heteroatoms. The first-order valence-electron chi connectivity index (χ1n) is 4.76. The highest BCUT2D eigenvalue weighted by molar-refractivity contribution is 4.84. The molecular formula is C10H19NO2. The lowest BCUT2D eigenvalue weighted by Crippen LogP contribution is -2.22. The van der Waals surface area contributed by atoms with Crippen molar-refractivity contribution in [1.82, 2.24) is 0 Å². The van der Waals surface area contributed by atoms with Crippen LogP contribution in [0.4, 0.5) is 0 Å². The average Bonchev–Trinajstić information content (AvgIpc) is 2.02. The summed E-state index contributed by atoms with van der Waals surface area (Å²) in [5, 5.41) is 8.76. The van der Waals surface area contributed by atoms with E-state index in [1.54, 1.807) is 0 Å². The second-order valence-electron chi connectivity index (χ2n) is 3.41. The van der Waals surface area contributed by atoms with Crippen LogP contribution in [0.25, 0.3) is 0 Å². The van der Waals surface area contributed by atoms with Crippen molar-refractivity contribution < 1.29 is 9.47 Å². The van der Waals surface area contributed by atoms with Crippen LogP contribution in [0, 0.1) is 17.2 Å². The minimum atomic E-state index is -0.346. The number of hydrogen-bond donors (Lipinski definition) is 0. The van der Waals surface area contributed by atoms with E-state index in [1.165, 1.54) is 0 Å². The normalized spacial score (nSPS) is 15.4. The summed E-state index contributed by atoms with van der Waals surface area (Å²) in [6.07, 6.45) is 0.128. The molecule has 0 saturated heterocycles. The molecule has 0 rings (SSSR count). The standard InChI is InChI=1S/C10H19NO2/c1-5-12-9(4)13-10(7-11)6-8(2)3/h8-10H,5-6H2,1-4H3. The molecule has 0 aliphatic carbocycles. The quantitative estimate of drug-likeness (QED) is 0.596. The lowest BCUT2D eigenvalue weighted by molar-refractivity contribution is -0.146. The zero-order chi connectivity index (χ0) is 10.3. The Labute approximate surface area is 80.6 Å². The molecule has 2 unspecified atom stereocenters. The SMILES string of the molecule is CCOC(C)OC(C#N)CC(C)C. The Bertz CT molecular complexity index is 163. The van der Waals surface area contributed by atoms with E-state index in [2.05, 4.69) is 19.9 Å². The molecule has 0 amide bonds. The summed E-state index contributed by atoms with van der Waals surface area (Å²) in [4.78, 5) is 0. The topological polar surface area (TPSA) is 42.2 Å². The fraction of sp³-hybridized carbons (Fsp3) is 0.900. The highest BCUT2D eigenvalue weighted by Crippen LogP contribution is 2.10. The number of ether oxygens (including phenoxy) is 2. The maximum Gasteiger partial charge on any atom is 0.156 e. The molecule has 2 atom stereocenters. The maximum absolute atomic E-state index is 8.76. The van der Waals surface area contributed by atoms with Gasteiger partial charge in [0.25, 0.3) is 0 Å². The number of nitriles is 1. The minimum absolute atomic E-state index is 0.284. The first kappa shape index (κ1) is 12.4. The molecule has 0 aliphatic rings. The van der Waals surface area contributed by atoms with E-state index >= 15 is 0 Å². The first-order valence-corrected chi connectivity index (χ1v) is 4.76. The van der Waals surface area contributed by atoms with Crippen molar-refractivity contribution in [3.05, 3.63) is 0 Å². The largest absolute Gasteiger partial charge is 0.353 e. The zero-order valence-corrected chi connectivity index (χ0v) is 8.91. The summed E-state index contributed by atoms with van der Waals surface area (Å²) in [7, 11) is 0. The highest BCUT2D eigenvalue weighted by Gasteiger charge is 2.13. The summed E-state index contributed by atoms with van der Waals surface area (Å²) in [5.41, 5.74) is 0. The van der Waals surface area contributed by atoms with Crippen LogP contribution in [-0.2, 0) is 9.47 Å². The molecule has 0 bridgehead atoms. The molecule has 76 valence electrons. The third-order valence-corrected chi connectivity index (χ3v) is 1.59. The molecule has 0 saturated carbocycles. The van der Waals surface area contributed by atoms with Crippen molar-refractivity contribution >= 4 is 0 Å². The van der Waals surface area contributed by atoms with Gasteiger partial charge in [0.1, 0.15) is 6.10 Å². The van der Waals surface area contributed by atoms with Gasteiger partial charge in [-0.15, -0.1) is 0 Å². The van der Waals surface area contributed by atoms with Crippen molar-refractivity contribution in [2.45, 2.75) is 46.5 Å². The van der Waals surface area contributed by atoms with E-state index in [0.29, 0.717) is 12.5 Å². The maximum atomic E-state index is 8.76. The van der Waals surface area contributed by atoms with Gasteiger partial charge in [-0.1, -0.05) is 13.8 Å². The third-order valence-electron chi connectivity index (χ3n) is 1.59. The van der Waals surface area contributed by atoms with Gasteiger partial charge in [0.05, 0.1) is 6.07 Å². The van der Waals surface area contributed by atoms with Gasteiger partial charge in [0.15, 0.2) is 6.29 Å². The average molecular weight is 185 g/mol. The molecule has 13 heavy (non-hydrogen) atoms. The van der Waals surface area contributed by atoms with Crippen LogP contribution in [0.5, 0.6) is 0 Å². The number of rotatable bonds is 6. The van der Waals surface area contributed by atoms with Gasteiger partial charge in [0.2, 0.25) is 0 Å². The molecule has 0 aliphatic heterocycles. The Morgan fingerprint density at radius 3 is 2.31 bits per heavy atom. The van der Waals surface area contributed by atoms with Crippen LogP contribution < -0.4 is 0 Å². The van der Waals surface area contributed by atoms with Crippen LogP contribution in [-0.4, -0.2) is 19.0 Å². The molecule has 0 aromatic carbocycles. The Balaban J connectivity index is 3.78. The third kappa shape index (κ3) is 6.56. The summed E-state index contributed by atoms with van der Waals surface area (Å²) in [5.74, 6) is 0.471. The van der Waals surface area contributed by atoms with Gasteiger partial charge < -0.3 is 9.47 Å². The zero-order valence-electron chi connectivity index (χ0n) is 8.91. The second-order valence-corrected chi connectivity index (χ2v) is 3.41. The molecule has 0 spiro atoms. The monoisotopic (exact) mass is 185 g/mol. The van der Waals surface area contributed by atoms with E-state index in [1.807, 2.05) is 13.8 Å². The summed E-state index contributed by atoms with van der Waals surface area (Å²) < 4.78 is 10.5. The molecule has 0 aromatic heterocycles. The minimum Gasteiger partial charge on any atom is -0.353 e. The van der Waals surface area contributed by atoms with Gasteiger partial charge in [-0.25, -0.2) is 0 Å². The lowest BCUT2D eigenvalue weighted by Gasteiger charge is -2.18. The lowest BCUT2D eigenvalue weighted by atomic mass is 10.1. The van der Waals surface area contributed by atoms with Gasteiger partial charge in [-0.05, 0) is 26.2 Å². The van der Waals surface area contributed by atoms with Crippen LogP contribution in [0.1, 0.15) is 34.1 Å². The van der Waals surface area contributed by atoms with Crippen LogP contribution in [0.2, 0.25) is 0 Å². The first-order chi connectivity index (χ1) is 6.10. The van der Waals surface area contributed by atoms with Gasteiger partial charge in [-0.3, -0.25) is 0 Å². The summed E-state index contributed by atoms with van der Waals surface area (Å²) >= 11 is 0. The fourth-order valence-corrected chi connectivity index (χ4v) is 1.07. The molecular weight excluding hydrogens is 166 g/mol. The van der Waals surface area contributed by atoms with Crippen molar-refractivity contribution in [3.8, 4) is 6.07 Å². The number of nitrogens with zero attached hydrogens (tertiary/aromatic N) is 1. The number of hydrogen-bond acceptors (Lipinski definition) is 3. The van der Waals surface area contributed by atoms with E-state index in [-0.39, 0.29) is 12.4 Å². The predicted octanol–water partition coefficient (Wildman–Crippen LogP) is 2.32. The van der Waals surface area contributed by atoms with E-state index < -0.39 is 0 Å². The van der Waals surface area contributed by atoms with Crippen LogP contribution in [0.3, 0.4) is 0 Å². The summed E-state index contributed by atoms with van der Waals surface area (Å²) in [6.45, 7) is 8.47. The molecule has 0 aromatic rings. The van der Waals surface area contributed by atoms with Crippen molar-refractivity contribution in [1.29, 1.82) is 5.26 Å². The van der Waals surface area contributed by atoms with Gasteiger partial charge in [-0.2, -0.15) is 5.26 Å². The van der Waals surface area contributed by atoms with Crippen LogP contribution in [0.15, 0.2) is 0 Å². The van der Waals surface area contributed by atoms with Crippen molar-refractivity contribution in [3.63, 3.8) is 0 Å². The second kappa shape index (κ2) is 6.88. The van der Waals surface area contributed by atoms with Crippen molar-refractivity contribution in [2.24, 2.45) is 5.92 Å². The summed E-state index contributed by atoms with van der Waals surface area (Å²) in [6, 6.07) is 2.12. The Kier molecular flexibility index (Phi) is 6.56. The molecule has 3 nitrogen and oxygen atoms in total. The van der Waals surface area contributed by atoms with Crippen LogP contribution >= 0.6 is 0 Å². The Hall–Kier alpha value is -0.590. The molecule has 0 fully saturated rings. The Morgan fingerprint density at radius 2 is 1.92 bits per heavy atom. The van der Waals surface area contributed by atoms with E-state index in [4.69, 9.17) is 14.7 Å². The predicted molar refractivity (Wildman–Crippen MR) is 51.0 cm³/mol. The van der Waals surface area contributed by atoms with Gasteiger partial charge >= 0.3 is 0 Å². The molecule has 0 radical (unpaired) electrons. The van der Waals surface area contributed by atoms with Crippen molar-refractivity contribution in [2.75, 3.05) is 6.61 Å². The molecule has 0 heterocycles. The van der Waals surface area contributed by atoms with E-state index in [0.717, 1.165) is 6.42 Å².